The van der Waals surface area contributed by atoms with Gasteiger partial charge in [-0.1, -0.05) is 55.8 Å². The standard InChI is InChI=1S/C34H44N4O3S/c1-3-25-14-17-30-31(22-25)42-33(37-30)24-27(23-32(40)35-2)34(41)36-28(21-26-11-6-4-7-12-26)15-16-29(39)13-10-20-38-18-8-5-9-19-38/h4,6-7,10-14,17,22,27-28H,3,5,8-9,15-16,18-21,23-24H2,1-2H3,(H,35,40)(H,36,41)/b13-10+/t27-,28+/m0/s1. The zero-order valence-corrected chi connectivity index (χ0v) is 25.8. The molecule has 1 saturated heterocycles. The number of piperidine rings is 1. The Morgan fingerprint density at radius 2 is 1.81 bits per heavy atom. The third-order valence-corrected chi connectivity index (χ3v) is 8.97. The molecule has 1 aromatic heterocycles. The van der Waals surface area contributed by atoms with E-state index in [-0.39, 0.29) is 30.1 Å². The molecule has 2 aromatic carbocycles. The van der Waals surface area contributed by atoms with E-state index < -0.39 is 5.92 Å². The van der Waals surface area contributed by atoms with Gasteiger partial charge < -0.3 is 10.6 Å². The minimum atomic E-state index is -0.561. The summed E-state index contributed by atoms with van der Waals surface area (Å²) in [4.78, 5) is 46.0. The number of fused-ring (bicyclic) bond motifs is 1. The van der Waals surface area contributed by atoms with Crippen LogP contribution in [0.15, 0.2) is 60.7 Å². The van der Waals surface area contributed by atoms with Gasteiger partial charge in [0.25, 0.3) is 0 Å². The van der Waals surface area contributed by atoms with E-state index in [1.165, 1.54) is 24.8 Å². The Labute approximate surface area is 253 Å². The van der Waals surface area contributed by atoms with Crippen molar-refractivity contribution < 1.29 is 14.4 Å². The van der Waals surface area contributed by atoms with Gasteiger partial charge in [0.05, 0.1) is 21.1 Å². The Bertz CT molecular complexity index is 1350. The van der Waals surface area contributed by atoms with E-state index >= 15 is 0 Å². The van der Waals surface area contributed by atoms with Gasteiger partial charge >= 0.3 is 0 Å². The third-order valence-electron chi connectivity index (χ3n) is 7.93. The van der Waals surface area contributed by atoms with E-state index in [0.717, 1.165) is 46.8 Å². The van der Waals surface area contributed by atoms with E-state index in [1.54, 1.807) is 24.5 Å². The summed E-state index contributed by atoms with van der Waals surface area (Å²) in [6.45, 7) is 5.12. The molecule has 1 aliphatic heterocycles. The Morgan fingerprint density at radius 3 is 2.55 bits per heavy atom. The molecule has 2 amide bonds. The molecule has 4 rings (SSSR count). The maximum Gasteiger partial charge on any atom is 0.224 e. The number of rotatable bonds is 15. The van der Waals surface area contributed by atoms with Gasteiger partial charge in [-0.15, -0.1) is 11.3 Å². The minimum absolute atomic E-state index is 0.0714. The van der Waals surface area contributed by atoms with Gasteiger partial charge in [0.15, 0.2) is 5.78 Å². The Kier molecular flexibility index (Phi) is 12.3. The molecule has 3 aromatic rings. The van der Waals surface area contributed by atoms with Crippen LogP contribution in [0.4, 0.5) is 0 Å². The summed E-state index contributed by atoms with van der Waals surface area (Å²) in [5.41, 5.74) is 3.26. The van der Waals surface area contributed by atoms with Crippen molar-refractivity contribution in [2.24, 2.45) is 5.92 Å². The lowest BCUT2D eigenvalue weighted by molar-refractivity contribution is -0.130. The quantitative estimate of drug-likeness (QED) is 0.236. The number of benzene rings is 2. The number of aryl methyl sites for hydroxylation is 1. The Balaban J connectivity index is 1.42. The molecule has 2 N–H and O–H groups in total. The van der Waals surface area contributed by atoms with Crippen LogP contribution in [0, 0.1) is 5.92 Å². The number of hydrogen-bond acceptors (Lipinski definition) is 6. The van der Waals surface area contributed by atoms with Gasteiger partial charge in [-0.25, -0.2) is 4.98 Å². The van der Waals surface area contributed by atoms with E-state index in [4.69, 9.17) is 4.98 Å². The van der Waals surface area contributed by atoms with Gasteiger partial charge in [0, 0.05) is 38.9 Å². The van der Waals surface area contributed by atoms with Crippen LogP contribution in [0.25, 0.3) is 10.2 Å². The summed E-state index contributed by atoms with van der Waals surface area (Å²) in [6.07, 6.45) is 10.3. The first kappa shape index (κ1) is 31.6. The zero-order chi connectivity index (χ0) is 29.7. The number of nitrogens with zero attached hydrogens (tertiary/aromatic N) is 2. The van der Waals surface area contributed by atoms with E-state index in [0.29, 0.717) is 25.7 Å². The fourth-order valence-corrected chi connectivity index (χ4v) is 6.55. The molecule has 7 nitrogen and oxygen atoms in total. The van der Waals surface area contributed by atoms with Crippen molar-refractivity contribution >= 4 is 39.2 Å². The lowest BCUT2D eigenvalue weighted by Gasteiger charge is -2.24. The topological polar surface area (TPSA) is 91.4 Å². The fraction of sp³-hybridized carbons (Fsp3) is 0.471. The molecule has 0 saturated carbocycles. The molecule has 1 aliphatic rings. The number of carbonyl (C=O) groups excluding carboxylic acids is 3. The first-order chi connectivity index (χ1) is 20.4. The highest BCUT2D eigenvalue weighted by molar-refractivity contribution is 7.18. The van der Waals surface area contributed by atoms with Crippen molar-refractivity contribution in [3.8, 4) is 0 Å². The van der Waals surface area contributed by atoms with Gasteiger partial charge in [0.2, 0.25) is 11.8 Å². The van der Waals surface area contributed by atoms with E-state index in [1.807, 2.05) is 42.5 Å². The van der Waals surface area contributed by atoms with Crippen LogP contribution in [-0.4, -0.2) is 60.2 Å². The fourth-order valence-electron chi connectivity index (χ4n) is 5.44. The molecule has 2 atom stereocenters. The molecular weight excluding hydrogens is 544 g/mol. The number of hydrogen-bond donors (Lipinski definition) is 2. The smallest absolute Gasteiger partial charge is 0.224 e. The average molecular weight is 589 g/mol. The molecule has 224 valence electrons. The predicted octanol–water partition coefficient (Wildman–Crippen LogP) is 5.27. The Hall–Kier alpha value is -3.36. The van der Waals surface area contributed by atoms with Crippen LogP contribution in [0.1, 0.15) is 61.6 Å². The highest BCUT2D eigenvalue weighted by Gasteiger charge is 2.26. The lowest BCUT2D eigenvalue weighted by atomic mass is 9.96. The summed E-state index contributed by atoms with van der Waals surface area (Å²) in [6, 6.07) is 16.0. The number of allylic oxidation sites excluding steroid dienone is 1. The summed E-state index contributed by atoms with van der Waals surface area (Å²) in [7, 11) is 1.59. The second-order valence-electron chi connectivity index (χ2n) is 11.2. The van der Waals surface area contributed by atoms with Crippen molar-refractivity contribution in [2.45, 2.75) is 70.8 Å². The highest BCUT2D eigenvalue weighted by Crippen LogP contribution is 2.26. The van der Waals surface area contributed by atoms with Crippen LogP contribution in [0.3, 0.4) is 0 Å². The number of ketones is 1. The van der Waals surface area contributed by atoms with Gasteiger partial charge in [0.1, 0.15) is 0 Å². The molecule has 0 aliphatic carbocycles. The van der Waals surface area contributed by atoms with Crippen molar-refractivity contribution in [3.05, 3.63) is 76.8 Å². The SMILES string of the molecule is CCc1ccc2nc(C[C@H](CC(=O)NC)C(=O)N[C@H](CCC(=O)/C=C/CN3CCCCC3)Cc3ccccc3)sc2c1. The summed E-state index contributed by atoms with van der Waals surface area (Å²) in [5, 5.41) is 6.71. The summed E-state index contributed by atoms with van der Waals surface area (Å²) < 4.78 is 1.09. The number of carbonyl (C=O) groups is 3. The zero-order valence-electron chi connectivity index (χ0n) is 24.9. The Morgan fingerprint density at radius 1 is 1.02 bits per heavy atom. The molecule has 8 heteroatoms. The summed E-state index contributed by atoms with van der Waals surface area (Å²) >= 11 is 1.58. The molecule has 0 bridgehead atoms. The average Bonchev–Trinajstić information content (AvgIpc) is 3.42. The largest absolute Gasteiger partial charge is 0.359 e. The second-order valence-corrected chi connectivity index (χ2v) is 12.3. The number of likely N-dealkylation sites (tertiary alicyclic amines) is 1. The van der Waals surface area contributed by atoms with E-state index in [9.17, 15) is 14.4 Å². The van der Waals surface area contributed by atoms with E-state index in [2.05, 4.69) is 34.6 Å². The maximum atomic E-state index is 13.7. The van der Waals surface area contributed by atoms with Crippen molar-refractivity contribution in [1.29, 1.82) is 0 Å². The van der Waals surface area contributed by atoms with Crippen molar-refractivity contribution in [3.63, 3.8) is 0 Å². The first-order valence-corrected chi connectivity index (χ1v) is 16.1. The summed E-state index contributed by atoms with van der Waals surface area (Å²) in [5.74, 6) is -0.851. The van der Waals surface area contributed by atoms with Crippen molar-refractivity contribution in [2.75, 3.05) is 26.7 Å². The predicted molar refractivity (Wildman–Crippen MR) is 171 cm³/mol. The third kappa shape index (κ3) is 9.88. The first-order valence-electron chi connectivity index (χ1n) is 15.3. The molecule has 2 heterocycles. The molecule has 1 fully saturated rings. The maximum absolute atomic E-state index is 13.7. The normalized spacial score (nSPS) is 15.5. The highest BCUT2D eigenvalue weighted by atomic mass is 32.1. The van der Waals surface area contributed by atoms with Crippen LogP contribution in [0.5, 0.6) is 0 Å². The van der Waals surface area contributed by atoms with Crippen LogP contribution < -0.4 is 10.6 Å². The van der Waals surface area contributed by atoms with Crippen LogP contribution in [-0.2, 0) is 33.6 Å². The van der Waals surface area contributed by atoms with Crippen molar-refractivity contribution in [1.82, 2.24) is 20.5 Å². The minimum Gasteiger partial charge on any atom is -0.359 e. The number of amides is 2. The molecular formula is C34H44N4O3S. The molecule has 42 heavy (non-hydrogen) atoms. The number of thiazole rings is 1. The molecule has 0 radical (unpaired) electrons. The molecule has 0 spiro atoms. The second kappa shape index (κ2) is 16.3. The van der Waals surface area contributed by atoms with Crippen LogP contribution in [0.2, 0.25) is 0 Å². The molecule has 0 unspecified atom stereocenters. The van der Waals surface area contributed by atoms with Gasteiger partial charge in [-0.2, -0.15) is 0 Å². The number of nitrogens with one attached hydrogen (secondary N) is 2. The van der Waals surface area contributed by atoms with Crippen LogP contribution >= 0.6 is 11.3 Å². The lowest BCUT2D eigenvalue weighted by Crippen LogP contribution is -2.42. The van der Waals surface area contributed by atoms with Gasteiger partial charge in [-0.05, 0) is 74.5 Å². The number of aromatic nitrogens is 1. The van der Waals surface area contributed by atoms with Gasteiger partial charge in [-0.3, -0.25) is 19.3 Å². The monoisotopic (exact) mass is 588 g/mol.